The third-order valence-electron chi connectivity index (χ3n) is 0.183. The van der Waals surface area contributed by atoms with Crippen LogP contribution in [0, 0.1) is 0 Å². The van der Waals surface area contributed by atoms with E-state index in [9.17, 15) is 0 Å². The largest absolute Gasteiger partial charge is 0.473 e. The molecule has 0 amide bonds. The molecule has 0 saturated heterocycles. The van der Waals surface area contributed by atoms with Crippen LogP contribution in [0.3, 0.4) is 0 Å². The minimum atomic E-state index is -1.82. The normalized spacial score (nSPS) is 5.50. The van der Waals surface area contributed by atoms with Crippen molar-refractivity contribution in [3.8, 4) is 0 Å². The molecule has 4 nitrogen and oxygen atoms in total. The third-order valence-corrected chi connectivity index (χ3v) is 0.183. The van der Waals surface area contributed by atoms with Crippen molar-refractivity contribution in [2.24, 2.45) is 0 Å². The van der Waals surface area contributed by atoms with Gasteiger partial charge in [-0.3, -0.25) is 0 Å². The van der Waals surface area contributed by atoms with Crippen molar-refractivity contribution in [3.05, 3.63) is 0 Å². The number of hydrogen-bond acceptors (Lipinski definition) is 2. The Hall–Kier alpha value is -0.480. The zero-order chi connectivity index (χ0) is 5.15. The summed E-state index contributed by atoms with van der Waals surface area (Å²) < 4.78 is 0. The van der Waals surface area contributed by atoms with Gasteiger partial charge >= 0.3 is 11.9 Å². The zero-order valence-corrected chi connectivity index (χ0v) is 5.16. The van der Waals surface area contributed by atoms with Crippen molar-refractivity contribution in [3.63, 3.8) is 0 Å². The Labute approximate surface area is 57.3 Å². The molecule has 0 aliphatic carbocycles. The Morgan fingerprint density at radius 2 is 1.00 bits per heavy atom. The van der Waals surface area contributed by atoms with Crippen LogP contribution in [-0.2, 0) is 9.59 Å². The first-order valence-corrected chi connectivity index (χ1v) is 1.11. The number of carbonyl (C=O) groups is 2. The van der Waals surface area contributed by atoms with Crippen molar-refractivity contribution < 1.29 is 19.8 Å². The molecule has 50 valence electrons. The summed E-state index contributed by atoms with van der Waals surface area (Å²) >= 11 is 0. The van der Waals surface area contributed by atoms with Crippen molar-refractivity contribution in [2.45, 2.75) is 0 Å². The molecular formula is C2H4Cl2O4. The maximum absolute atomic E-state index is 9.10. The SMILES string of the molecule is Cl.Cl.O=C(O)C(=O)O. The molecule has 0 aromatic rings. The van der Waals surface area contributed by atoms with E-state index in [-0.39, 0.29) is 24.8 Å². The van der Waals surface area contributed by atoms with Crippen LogP contribution in [0.4, 0.5) is 0 Å². The molecule has 0 aliphatic heterocycles. The smallest absolute Gasteiger partial charge is 0.414 e. The fourth-order valence-corrected chi connectivity index (χ4v) is 0. The van der Waals surface area contributed by atoms with E-state index in [1.54, 1.807) is 0 Å². The number of aliphatic carboxylic acids is 2. The van der Waals surface area contributed by atoms with Gasteiger partial charge in [0.2, 0.25) is 0 Å². The second-order valence-corrected chi connectivity index (χ2v) is 0.610. The van der Waals surface area contributed by atoms with Gasteiger partial charge in [-0.2, -0.15) is 0 Å². The summed E-state index contributed by atoms with van der Waals surface area (Å²) in [5.41, 5.74) is 0. The van der Waals surface area contributed by atoms with E-state index in [2.05, 4.69) is 0 Å². The van der Waals surface area contributed by atoms with Crippen LogP contribution in [-0.4, -0.2) is 22.2 Å². The summed E-state index contributed by atoms with van der Waals surface area (Å²) in [6.45, 7) is 0. The predicted molar refractivity (Wildman–Crippen MR) is 29.8 cm³/mol. The Bertz CT molecular complexity index is 78.0. The molecule has 0 unspecified atom stereocenters. The number of carboxylic acids is 2. The zero-order valence-electron chi connectivity index (χ0n) is 3.53. The van der Waals surface area contributed by atoms with Gasteiger partial charge in [0.1, 0.15) is 0 Å². The maximum atomic E-state index is 9.10. The van der Waals surface area contributed by atoms with Crippen molar-refractivity contribution in [1.29, 1.82) is 0 Å². The second-order valence-electron chi connectivity index (χ2n) is 0.610. The lowest BCUT2D eigenvalue weighted by Gasteiger charge is -1.72. The van der Waals surface area contributed by atoms with Gasteiger partial charge in [0.15, 0.2) is 0 Å². The number of carboxylic acid groups (broad SMARTS) is 2. The molecule has 8 heavy (non-hydrogen) atoms. The first-order chi connectivity index (χ1) is 2.64. The van der Waals surface area contributed by atoms with E-state index in [0.717, 1.165) is 0 Å². The van der Waals surface area contributed by atoms with Crippen LogP contribution in [0.25, 0.3) is 0 Å². The lowest BCUT2D eigenvalue weighted by molar-refractivity contribution is -0.159. The van der Waals surface area contributed by atoms with E-state index >= 15 is 0 Å². The van der Waals surface area contributed by atoms with Gasteiger partial charge in [-0.15, -0.1) is 24.8 Å². The van der Waals surface area contributed by atoms with Gasteiger partial charge in [0.05, 0.1) is 0 Å². The van der Waals surface area contributed by atoms with Crippen LogP contribution in [0.5, 0.6) is 0 Å². The highest BCUT2D eigenvalue weighted by molar-refractivity contribution is 6.27. The Balaban J connectivity index is -0.000000125. The second kappa shape index (κ2) is 6.52. The van der Waals surface area contributed by atoms with E-state index in [1.165, 1.54) is 0 Å². The molecule has 0 heterocycles. The predicted octanol–water partition coefficient (Wildman–Crippen LogP) is -0.000800. The quantitative estimate of drug-likeness (QED) is 0.492. The molecule has 0 fully saturated rings. The summed E-state index contributed by atoms with van der Waals surface area (Å²) in [5, 5.41) is 14.8. The molecule has 6 heteroatoms. The monoisotopic (exact) mass is 162 g/mol. The van der Waals surface area contributed by atoms with Crippen molar-refractivity contribution in [2.75, 3.05) is 0 Å². The summed E-state index contributed by atoms with van der Waals surface area (Å²) in [4.78, 5) is 18.2. The summed E-state index contributed by atoms with van der Waals surface area (Å²) in [6, 6.07) is 0. The highest BCUT2D eigenvalue weighted by atomic mass is 35.5. The van der Waals surface area contributed by atoms with E-state index in [0.29, 0.717) is 0 Å². The van der Waals surface area contributed by atoms with Crippen LogP contribution >= 0.6 is 24.8 Å². The molecular weight excluding hydrogens is 159 g/mol. The standard InChI is InChI=1S/C2H2O4.2ClH/c3-1(4)2(5)6;;/h(H,3,4)(H,5,6);2*1H. The van der Waals surface area contributed by atoms with Gasteiger partial charge in [-0.05, 0) is 0 Å². The fourth-order valence-electron chi connectivity index (χ4n) is 0. The Morgan fingerprint density at radius 3 is 1.00 bits per heavy atom. The van der Waals surface area contributed by atoms with Crippen molar-refractivity contribution >= 4 is 36.8 Å². The lowest BCUT2D eigenvalue weighted by atomic mass is 10.7. The molecule has 0 bridgehead atoms. The first-order valence-electron chi connectivity index (χ1n) is 1.11. The summed E-state index contributed by atoms with van der Waals surface area (Å²) in [7, 11) is 0. The van der Waals surface area contributed by atoms with Gasteiger partial charge in [0.25, 0.3) is 0 Å². The molecule has 0 atom stereocenters. The minimum absolute atomic E-state index is 0. The highest BCUT2D eigenvalue weighted by Crippen LogP contribution is 1.56. The average molecular weight is 163 g/mol. The molecule has 0 radical (unpaired) electrons. The fraction of sp³-hybridized carbons (Fsp3) is 0. The molecule has 2 N–H and O–H groups in total. The van der Waals surface area contributed by atoms with Crippen LogP contribution in [0.1, 0.15) is 0 Å². The highest BCUT2D eigenvalue weighted by Gasteiger charge is 2.04. The molecule has 0 aliphatic rings. The van der Waals surface area contributed by atoms with Gasteiger partial charge in [-0.25, -0.2) is 9.59 Å². The third kappa shape index (κ3) is 9.10. The maximum Gasteiger partial charge on any atom is 0.414 e. The molecule has 0 aromatic carbocycles. The van der Waals surface area contributed by atoms with Crippen LogP contribution in [0.15, 0.2) is 0 Å². The lowest BCUT2D eigenvalue weighted by Crippen LogP contribution is -2.09. The Kier molecular flexibility index (Phi) is 12.8. The van der Waals surface area contributed by atoms with Crippen LogP contribution in [0.2, 0.25) is 0 Å². The molecule has 0 rings (SSSR count). The first kappa shape index (κ1) is 15.6. The number of hydrogen-bond donors (Lipinski definition) is 2. The van der Waals surface area contributed by atoms with Gasteiger partial charge in [0, 0.05) is 0 Å². The van der Waals surface area contributed by atoms with Crippen molar-refractivity contribution in [1.82, 2.24) is 0 Å². The van der Waals surface area contributed by atoms with E-state index < -0.39 is 11.9 Å². The number of rotatable bonds is 0. The van der Waals surface area contributed by atoms with Gasteiger partial charge < -0.3 is 10.2 Å². The van der Waals surface area contributed by atoms with Gasteiger partial charge in [-0.1, -0.05) is 0 Å². The molecule has 0 aromatic heterocycles. The average Bonchev–Trinajstić information content (AvgIpc) is 1.36. The molecule has 0 spiro atoms. The summed E-state index contributed by atoms with van der Waals surface area (Å²) in [6.07, 6.45) is 0. The number of halogens is 2. The van der Waals surface area contributed by atoms with Crippen LogP contribution < -0.4 is 0 Å². The minimum Gasteiger partial charge on any atom is -0.473 e. The Morgan fingerprint density at radius 1 is 0.875 bits per heavy atom. The van der Waals surface area contributed by atoms with E-state index in [4.69, 9.17) is 19.8 Å². The molecule has 0 saturated carbocycles. The van der Waals surface area contributed by atoms with E-state index in [1.807, 2.05) is 0 Å². The topological polar surface area (TPSA) is 74.6 Å². The summed E-state index contributed by atoms with van der Waals surface area (Å²) in [5.74, 6) is -3.65.